The molecule has 2 aromatic carbocycles. The summed E-state index contributed by atoms with van der Waals surface area (Å²) in [5.74, 6) is -1.90. The van der Waals surface area contributed by atoms with Crippen molar-refractivity contribution in [1.29, 1.82) is 0 Å². The Morgan fingerprint density at radius 3 is 2.27 bits per heavy atom. The molecule has 2 aromatic rings. The third-order valence-corrected chi connectivity index (χ3v) is 4.51. The molecule has 0 radical (unpaired) electrons. The molecule has 22 heavy (non-hydrogen) atoms. The van der Waals surface area contributed by atoms with Crippen LogP contribution in [-0.2, 0) is 14.9 Å². The number of hydrogen-bond acceptors (Lipinski definition) is 4. The van der Waals surface area contributed by atoms with Crippen molar-refractivity contribution in [3.63, 3.8) is 0 Å². The molecule has 0 bridgehead atoms. The van der Waals surface area contributed by atoms with E-state index in [2.05, 4.69) is 0 Å². The molecule has 0 heterocycles. The van der Waals surface area contributed by atoms with Crippen LogP contribution < -0.4 is 4.18 Å². The SMILES string of the molecule is Cc1ccc(S(=O)(=O)Oc2ccccc2C(C)C(=O)O)cc1. The van der Waals surface area contributed by atoms with Gasteiger partial charge >= 0.3 is 16.1 Å². The fourth-order valence-corrected chi connectivity index (χ4v) is 2.87. The Hall–Kier alpha value is -2.34. The Kier molecular flexibility index (Phi) is 4.51. The molecule has 0 spiro atoms. The first-order chi connectivity index (χ1) is 10.3. The van der Waals surface area contributed by atoms with Crippen LogP contribution in [0.15, 0.2) is 53.4 Å². The zero-order chi connectivity index (χ0) is 16.3. The topological polar surface area (TPSA) is 80.7 Å². The highest BCUT2D eigenvalue weighted by Crippen LogP contribution is 2.29. The van der Waals surface area contributed by atoms with Crippen LogP contribution in [0.5, 0.6) is 5.75 Å². The van der Waals surface area contributed by atoms with E-state index in [1.54, 1.807) is 30.3 Å². The van der Waals surface area contributed by atoms with E-state index in [0.717, 1.165) is 5.56 Å². The van der Waals surface area contributed by atoms with Gasteiger partial charge in [0.15, 0.2) is 0 Å². The van der Waals surface area contributed by atoms with Gasteiger partial charge in [0.1, 0.15) is 10.6 Å². The minimum atomic E-state index is -4.00. The Balaban J connectivity index is 2.38. The molecule has 0 saturated heterocycles. The zero-order valence-electron chi connectivity index (χ0n) is 12.2. The lowest BCUT2D eigenvalue weighted by Gasteiger charge is -2.14. The van der Waals surface area contributed by atoms with Crippen molar-refractivity contribution in [2.45, 2.75) is 24.7 Å². The van der Waals surface area contributed by atoms with Crippen LogP contribution in [0, 0.1) is 6.92 Å². The van der Waals surface area contributed by atoms with E-state index in [1.165, 1.54) is 25.1 Å². The summed E-state index contributed by atoms with van der Waals surface area (Å²) in [6.45, 7) is 3.32. The number of carboxylic acids is 1. The van der Waals surface area contributed by atoms with Crippen molar-refractivity contribution in [3.8, 4) is 5.75 Å². The molecular formula is C16H16O5S. The number of aliphatic carboxylic acids is 1. The monoisotopic (exact) mass is 320 g/mol. The summed E-state index contributed by atoms with van der Waals surface area (Å²) < 4.78 is 29.7. The van der Waals surface area contributed by atoms with Gasteiger partial charge in [0.05, 0.1) is 5.92 Å². The second-order valence-corrected chi connectivity index (χ2v) is 6.49. The highest BCUT2D eigenvalue weighted by molar-refractivity contribution is 7.87. The van der Waals surface area contributed by atoms with Crippen molar-refractivity contribution < 1.29 is 22.5 Å². The van der Waals surface area contributed by atoms with Crippen LogP contribution in [-0.4, -0.2) is 19.5 Å². The van der Waals surface area contributed by atoms with E-state index in [0.29, 0.717) is 5.56 Å². The lowest BCUT2D eigenvalue weighted by Crippen LogP contribution is -2.14. The molecule has 0 amide bonds. The maximum atomic E-state index is 12.3. The molecule has 6 heteroatoms. The summed E-state index contributed by atoms with van der Waals surface area (Å²) in [6, 6.07) is 12.5. The van der Waals surface area contributed by atoms with Crippen LogP contribution in [0.4, 0.5) is 0 Å². The van der Waals surface area contributed by atoms with Gasteiger partial charge in [-0.1, -0.05) is 35.9 Å². The van der Waals surface area contributed by atoms with Crippen molar-refractivity contribution in [2.24, 2.45) is 0 Å². The van der Waals surface area contributed by atoms with E-state index in [-0.39, 0.29) is 10.6 Å². The molecule has 0 aliphatic rings. The summed E-state index contributed by atoms with van der Waals surface area (Å²) in [5.41, 5.74) is 1.24. The molecule has 2 rings (SSSR count). The number of para-hydroxylation sites is 1. The van der Waals surface area contributed by atoms with E-state index < -0.39 is 22.0 Å². The second-order valence-electron chi connectivity index (χ2n) is 4.95. The fourth-order valence-electron chi connectivity index (χ4n) is 1.92. The zero-order valence-corrected chi connectivity index (χ0v) is 13.0. The van der Waals surface area contributed by atoms with Crippen molar-refractivity contribution in [1.82, 2.24) is 0 Å². The minimum absolute atomic E-state index is 0.0240. The highest BCUT2D eigenvalue weighted by atomic mass is 32.2. The third-order valence-electron chi connectivity index (χ3n) is 3.27. The average molecular weight is 320 g/mol. The maximum absolute atomic E-state index is 12.3. The van der Waals surface area contributed by atoms with Gasteiger partial charge in [-0.25, -0.2) is 0 Å². The summed E-state index contributed by atoms with van der Waals surface area (Å²) >= 11 is 0. The van der Waals surface area contributed by atoms with E-state index in [4.69, 9.17) is 9.29 Å². The number of benzene rings is 2. The molecule has 0 saturated carbocycles. The predicted octanol–water partition coefficient (Wildman–Crippen LogP) is 2.95. The first kappa shape index (κ1) is 16.0. The quantitative estimate of drug-likeness (QED) is 0.857. The maximum Gasteiger partial charge on any atom is 0.339 e. The normalized spacial score (nSPS) is 12.6. The van der Waals surface area contributed by atoms with Crippen LogP contribution in [0.25, 0.3) is 0 Å². The molecule has 0 aliphatic carbocycles. The largest absolute Gasteiger partial charge is 0.481 e. The van der Waals surface area contributed by atoms with Crippen LogP contribution in [0.3, 0.4) is 0 Å². The molecule has 1 N–H and O–H groups in total. The van der Waals surface area contributed by atoms with Gasteiger partial charge in [0.25, 0.3) is 0 Å². The van der Waals surface area contributed by atoms with E-state index >= 15 is 0 Å². The lowest BCUT2D eigenvalue weighted by molar-refractivity contribution is -0.138. The third kappa shape index (κ3) is 3.46. The van der Waals surface area contributed by atoms with Crippen molar-refractivity contribution in [3.05, 3.63) is 59.7 Å². The number of hydrogen-bond donors (Lipinski definition) is 1. The first-order valence-corrected chi connectivity index (χ1v) is 8.05. The van der Waals surface area contributed by atoms with Gasteiger partial charge in [-0.05, 0) is 32.0 Å². The summed E-state index contributed by atoms with van der Waals surface area (Å²) in [5, 5.41) is 9.10. The van der Waals surface area contributed by atoms with Gasteiger partial charge in [-0.3, -0.25) is 4.79 Å². The summed E-state index contributed by atoms with van der Waals surface area (Å²) in [4.78, 5) is 11.1. The number of rotatable bonds is 5. The predicted molar refractivity (Wildman–Crippen MR) is 81.5 cm³/mol. The molecule has 1 atom stereocenters. The number of aryl methyl sites for hydroxylation is 1. The smallest absolute Gasteiger partial charge is 0.339 e. The van der Waals surface area contributed by atoms with Crippen molar-refractivity contribution in [2.75, 3.05) is 0 Å². The van der Waals surface area contributed by atoms with Crippen LogP contribution in [0.1, 0.15) is 24.0 Å². The van der Waals surface area contributed by atoms with Crippen molar-refractivity contribution >= 4 is 16.1 Å². The van der Waals surface area contributed by atoms with Crippen LogP contribution in [0.2, 0.25) is 0 Å². The molecule has 0 aromatic heterocycles. The lowest BCUT2D eigenvalue weighted by atomic mass is 10.0. The molecule has 116 valence electrons. The van der Waals surface area contributed by atoms with Gasteiger partial charge in [-0.2, -0.15) is 8.42 Å². The fraction of sp³-hybridized carbons (Fsp3) is 0.188. The van der Waals surface area contributed by atoms with Gasteiger partial charge in [0.2, 0.25) is 0 Å². The average Bonchev–Trinajstić information content (AvgIpc) is 2.47. The molecule has 0 aliphatic heterocycles. The summed E-state index contributed by atoms with van der Waals surface area (Å²) in [6.07, 6.45) is 0. The van der Waals surface area contributed by atoms with E-state index in [9.17, 15) is 13.2 Å². The Morgan fingerprint density at radius 2 is 1.68 bits per heavy atom. The Morgan fingerprint density at radius 1 is 1.09 bits per heavy atom. The first-order valence-electron chi connectivity index (χ1n) is 6.64. The Bertz CT molecular complexity index is 778. The second kappa shape index (κ2) is 6.19. The molecule has 5 nitrogen and oxygen atoms in total. The van der Waals surface area contributed by atoms with Gasteiger partial charge in [-0.15, -0.1) is 0 Å². The van der Waals surface area contributed by atoms with Crippen LogP contribution >= 0.6 is 0 Å². The number of carboxylic acid groups (broad SMARTS) is 1. The molecule has 1 unspecified atom stereocenters. The summed E-state index contributed by atoms with van der Waals surface area (Å²) in [7, 11) is -4.00. The minimum Gasteiger partial charge on any atom is -0.481 e. The Labute approximate surface area is 129 Å². The van der Waals surface area contributed by atoms with E-state index in [1.807, 2.05) is 6.92 Å². The van der Waals surface area contributed by atoms with Gasteiger partial charge in [0, 0.05) is 5.56 Å². The number of carbonyl (C=O) groups is 1. The molecular weight excluding hydrogens is 304 g/mol. The van der Waals surface area contributed by atoms with Gasteiger partial charge < -0.3 is 9.29 Å². The highest BCUT2D eigenvalue weighted by Gasteiger charge is 2.23. The standard InChI is InChI=1S/C16H16O5S/c1-11-7-9-13(10-8-11)22(19,20)21-15-6-4-3-5-14(15)12(2)16(17)18/h3-10,12H,1-2H3,(H,17,18). The molecule has 0 fully saturated rings.